The Morgan fingerprint density at radius 2 is 1.84 bits per heavy atom. The van der Waals surface area contributed by atoms with E-state index in [-0.39, 0.29) is 5.57 Å². The van der Waals surface area contributed by atoms with Gasteiger partial charge >= 0.3 is 0 Å². The van der Waals surface area contributed by atoms with Crippen LogP contribution in [-0.2, 0) is 4.79 Å². The van der Waals surface area contributed by atoms with Gasteiger partial charge in [-0.05, 0) is 44.0 Å². The predicted octanol–water partition coefficient (Wildman–Crippen LogP) is 4.08. The van der Waals surface area contributed by atoms with Gasteiger partial charge in [0.25, 0.3) is 5.91 Å². The number of nitrogens with one attached hydrogen (secondary N) is 2. The molecule has 0 aromatic heterocycles. The maximum Gasteiger partial charge on any atom is 0.267 e. The fourth-order valence-electron chi connectivity index (χ4n) is 2.58. The second-order valence-electron chi connectivity index (χ2n) is 5.77. The van der Waals surface area contributed by atoms with Crippen LogP contribution in [0.1, 0.15) is 16.7 Å². The van der Waals surface area contributed by atoms with Gasteiger partial charge in [0.15, 0.2) is 0 Å². The Kier molecular flexibility index (Phi) is 5.80. The van der Waals surface area contributed by atoms with Crippen molar-refractivity contribution in [3.8, 4) is 11.8 Å². The zero-order valence-corrected chi connectivity index (χ0v) is 14.8. The van der Waals surface area contributed by atoms with E-state index >= 15 is 0 Å². The zero-order chi connectivity index (χ0) is 18.4. The summed E-state index contributed by atoms with van der Waals surface area (Å²) < 4.78 is 5.15. The van der Waals surface area contributed by atoms with Gasteiger partial charge in [0.05, 0.1) is 7.11 Å². The lowest BCUT2D eigenvalue weighted by Crippen LogP contribution is -2.16. The molecule has 0 spiro atoms. The molecule has 0 unspecified atom stereocenters. The molecule has 5 heteroatoms. The highest BCUT2D eigenvalue weighted by Crippen LogP contribution is 2.22. The van der Waals surface area contributed by atoms with E-state index in [1.165, 1.54) is 6.20 Å². The number of methoxy groups -OCH3 is 1. The van der Waals surface area contributed by atoms with E-state index in [2.05, 4.69) is 10.6 Å². The quantitative estimate of drug-likeness (QED) is 0.638. The van der Waals surface area contributed by atoms with Gasteiger partial charge in [-0.25, -0.2) is 0 Å². The number of hydrogen-bond donors (Lipinski definition) is 2. The van der Waals surface area contributed by atoms with Gasteiger partial charge in [-0.15, -0.1) is 0 Å². The fraction of sp³-hybridized carbons (Fsp3) is 0.200. The minimum Gasteiger partial charge on any atom is -0.497 e. The highest BCUT2D eigenvalue weighted by Gasteiger charge is 2.12. The lowest BCUT2D eigenvalue weighted by molar-refractivity contribution is -0.112. The van der Waals surface area contributed by atoms with E-state index in [0.29, 0.717) is 5.75 Å². The standard InChI is InChI=1S/C20H21N3O2/c1-13-8-14(2)19(15(3)9-13)23-20(24)16(11-21)12-22-17-6-5-7-18(10-17)25-4/h5-10,12,22H,1-4H3,(H,23,24)/b16-12-. The highest BCUT2D eigenvalue weighted by atomic mass is 16.5. The Bertz CT molecular complexity index is 840. The van der Waals surface area contributed by atoms with E-state index < -0.39 is 5.91 Å². The van der Waals surface area contributed by atoms with Crippen molar-refractivity contribution in [1.29, 1.82) is 5.26 Å². The van der Waals surface area contributed by atoms with Crippen LogP contribution in [0.5, 0.6) is 5.75 Å². The second-order valence-corrected chi connectivity index (χ2v) is 5.77. The van der Waals surface area contributed by atoms with Crippen molar-refractivity contribution < 1.29 is 9.53 Å². The van der Waals surface area contributed by atoms with Crippen LogP contribution in [-0.4, -0.2) is 13.0 Å². The summed E-state index contributed by atoms with van der Waals surface area (Å²) in [5, 5.41) is 15.1. The molecule has 128 valence electrons. The number of benzene rings is 2. The second kappa shape index (κ2) is 8.02. The average molecular weight is 335 g/mol. The molecule has 0 fully saturated rings. The van der Waals surface area contributed by atoms with Crippen LogP contribution in [0.15, 0.2) is 48.2 Å². The molecule has 2 aromatic rings. The van der Waals surface area contributed by atoms with Crippen LogP contribution in [0.2, 0.25) is 0 Å². The Hall–Kier alpha value is -3.26. The number of anilines is 2. The van der Waals surface area contributed by atoms with Crippen molar-refractivity contribution in [2.24, 2.45) is 0 Å². The Labute approximate surface area is 147 Å². The number of aryl methyl sites for hydroxylation is 3. The number of ether oxygens (including phenoxy) is 1. The van der Waals surface area contributed by atoms with Gasteiger partial charge in [-0.1, -0.05) is 23.8 Å². The summed E-state index contributed by atoms with van der Waals surface area (Å²) >= 11 is 0. The van der Waals surface area contributed by atoms with Crippen LogP contribution in [0.25, 0.3) is 0 Å². The van der Waals surface area contributed by atoms with Crippen molar-refractivity contribution in [2.45, 2.75) is 20.8 Å². The third-order valence-corrected chi connectivity index (χ3v) is 3.73. The molecule has 5 nitrogen and oxygen atoms in total. The molecule has 2 N–H and O–H groups in total. The van der Waals surface area contributed by atoms with Crippen molar-refractivity contribution in [1.82, 2.24) is 0 Å². The van der Waals surface area contributed by atoms with Crippen molar-refractivity contribution in [3.63, 3.8) is 0 Å². The summed E-state index contributed by atoms with van der Waals surface area (Å²) in [6, 6.07) is 13.1. The summed E-state index contributed by atoms with van der Waals surface area (Å²) in [7, 11) is 1.58. The molecule has 25 heavy (non-hydrogen) atoms. The number of rotatable bonds is 5. The van der Waals surface area contributed by atoms with Gasteiger partial charge in [0, 0.05) is 23.6 Å². The SMILES string of the molecule is COc1cccc(N/C=C(/C#N)C(=O)Nc2c(C)cc(C)cc2C)c1. The van der Waals surface area contributed by atoms with Crippen LogP contribution in [0.4, 0.5) is 11.4 Å². The molecular weight excluding hydrogens is 314 g/mol. The third kappa shape index (κ3) is 4.61. The number of hydrogen-bond acceptors (Lipinski definition) is 4. The molecule has 0 atom stereocenters. The van der Waals surface area contributed by atoms with E-state index in [1.807, 2.05) is 57.2 Å². The molecular formula is C20H21N3O2. The van der Waals surface area contributed by atoms with E-state index in [1.54, 1.807) is 13.2 Å². The molecule has 2 rings (SSSR count). The molecule has 0 aliphatic heterocycles. The first-order valence-electron chi connectivity index (χ1n) is 7.84. The summed E-state index contributed by atoms with van der Waals surface area (Å²) in [6.45, 7) is 5.87. The maximum absolute atomic E-state index is 12.4. The van der Waals surface area contributed by atoms with E-state index in [9.17, 15) is 10.1 Å². The van der Waals surface area contributed by atoms with Gasteiger partial charge in [-0.3, -0.25) is 4.79 Å². The predicted molar refractivity (Wildman–Crippen MR) is 99.6 cm³/mol. The van der Waals surface area contributed by atoms with Crippen molar-refractivity contribution >= 4 is 17.3 Å². The number of carbonyl (C=O) groups is 1. The van der Waals surface area contributed by atoms with Gasteiger partial charge in [-0.2, -0.15) is 5.26 Å². The molecule has 0 heterocycles. The van der Waals surface area contributed by atoms with Gasteiger partial charge < -0.3 is 15.4 Å². The summed E-state index contributed by atoms with van der Waals surface area (Å²) in [5.41, 5.74) is 4.50. The number of carbonyl (C=O) groups excluding carboxylic acids is 1. The molecule has 0 radical (unpaired) electrons. The van der Waals surface area contributed by atoms with Crippen molar-refractivity contribution in [3.05, 3.63) is 64.9 Å². The summed E-state index contributed by atoms with van der Waals surface area (Å²) in [6.07, 6.45) is 1.39. The van der Waals surface area contributed by atoms with E-state index in [4.69, 9.17) is 4.74 Å². The van der Waals surface area contributed by atoms with Crippen LogP contribution < -0.4 is 15.4 Å². The fourth-order valence-corrected chi connectivity index (χ4v) is 2.58. The number of nitrogens with zero attached hydrogens (tertiary/aromatic N) is 1. The normalized spacial score (nSPS) is 10.8. The number of nitriles is 1. The molecule has 1 amide bonds. The molecule has 2 aromatic carbocycles. The number of amides is 1. The minimum absolute atomic E-state index is 0.0119. The van der Waals surface area contributed by atoms with Crippen LogP contribution in [0.3, 0.4) is 0 Å². The monoisotopic (exact) mass is 335 g/mol. The van der Waals surface area contributed by atoms with Crippen molar-refractivity contribution in [2.75, 3.05) is 17.7 Å². The molecule has 0 saturated heterocycles. The highest BCUT2D eigenvalue weighted by molar-refractivity contribution is 6.07. The zero-order valence-electron chi connectivity index (χ0n) is 14.8. The molecule has 0 aliphatic carbocycles. The van der Waals surface area contributed by atoms with Crippen LogP contribution >= 0.6 is 0 Å². The van der Waals surface area contributed by atoms with Gasteiger partial charge in [0.2, 0.25) is 0 Å². The average Bonchev–Trinajstić information content (AvgIpc) is 2.58. The first-order valence-corrected chi connectivity index (χ1v) is 7.84. The topological polar surface area (TPSA) is 74.1 Å². The lowest BCUT2D eigenvalue weighted by atomic mass is 10.0. The lowest BCUT2D eigenvalue weighted by Gasteiger charge is -2.12. The molecule has 0 bridgehead atoms. The summed E-state index contributed by atoms with van der Waals surface area (Å²) in [4.78, 5) is 12.4. The van der Waals surface area contributed by atoms with E-state index in [0.717, 1.165) is 28.1 Å². The Balaban J connectivity index is 2.17. The smallest absolute Gasteiger partial charge is 0.267 e. The minimum atomic E-state index is -0.451. The maximum atomic E-state index is 12.4. The van der Waals surface area contributed by atoms with Crippen LogP contribution in [0, 0.1) is 32.1 Å². The molecule has 0 aliphatic rings. The summed E-state index contributed by atoms with van der Waals surface area (Å²) in [5.74, 6) is 0.236. The first kappa shape index (κ1) is 18.1. The third-order valence-electron chi connectivity index (χ3n) is 3.73. The Morgan fingerprint density at radius 1 is 1.16 bits per heavy atom. The largest absolute Gasteiger partial charge is 0.497 e. The van der Waals surface area contributed by atoms with Gasteiger partial charge in [0.1, 0.15) is 17.4 Å². The Morgan fingerprint density at radius 3 is 2.44 bits per heavy atom. The molecule has 0 saturated carbocycles. The first-order chi connectivity index (χ1) is 11.9.